The van der Waals surface area contributed by atoms with Crippen LogP contribution in [-0.2, 0) is 0 Å². The van der Waals surface area contributed by atoms with Crippen molar-refractivity contribution < 1.29 is 8.28 Å². The van der Waals surface area contributed by atoms with Crippen molar-refractivity contribution >= 4 is 34.9 Å². The topological polar surface area (TPSA) is 84.3 Å². The van der Waals surface area contributed by atoms with E-state index in [4.69, 9.17) is 0 Å². The van der Waals surface area contributed by atoms with Crippen molar-refractivity contribution in [3.05, 3.63) is 72.8 Å². The molecule has 2 N–H and O–H groups in total. The van der Waals surface area contributed by atoms with Gasteiger partial charge in [0.15, 0.2) is 24.0 Å². The van der Waals surface area contributed by atoms with E-state index >= 15 is 0 Å². The lowest BCUT2D eigenvalue weighted by molar-refractivity contribution is 0.628. The van der Waals surface area contributed by atoms with Crippen molar-refractivity contribution in [1.29, 1.82) is 0 Å². The van der Waals surface area contributed by atoms with Gasteiger partial charge in [0.2, 0.25) is 0 Å². The van der Waals surface area contributed by atoms with Gasteiger partial charge in [-0.2, -0.15) is 5.10 Å². The van der Waals surface area contributed by atoms with Crippen molar-refractivity contribution in [3.63, 3.8) is 0 Å². The highest BCUT2D eigenvalue weighted by Gasteiger charge is 2.18. The van der Waals surface area contributed by atoms with E-state index in [1.807, 2.05) is 18.2 Å². The number of nitrogens with zero attached hydrogens (tertiary/aromatic N) is 5. The first-order valence-corrected chi connectivity index (χ1v) is 9.56. The molecule has 3 aromatic heterocycles. The van der Waals surface area contributed by atoms with Crippen molar-refractivity contribution in [1.82, 2.24) is 29.1 Å². The number of para-hydroxylation sites is 2. The van der Waals surface area contributed by atoms with Crippen molar-refractivity contribution in [2.24, 2.45) is 0 Å². The van der Waals surface area contributed by atoms with Gasteiger partial charge in [0.05, 0.1) is 22.9 Å². The average molecular weight is 421 g/mol. The number of H-pyrrole nitrogens is 1. The molecular formula is C20H13F2N7S. The SMILES string of the molecule is FSn1c(-c2[nH]ncc2Nc2ccnc(-c3ccc(F)cc3)n2)nc2ccccc21. The number of nitrogens with one attached hydrogen (secondary N) is 2. The highest BCUT2D eigenvalue weighted by atomic mass is 32.2. The Kier molecular flexibility index (Phi) is 4.60. The van der Waals surface area contributed by atoms with Crippen LogP contribution in [0.5, 0.6) is 0 Å². The fourth-order valence-electron chi connectivity index (χ4n) is 3.09. The maximum absolute atomic E-state index is 13.7. The van der Waals surface area contributed by atoms with Crippen molar-refractivity contribution in [2.45, 2.75) is 0 Å². The number of fused-ring (bicyclic) bond motifs is 1. The Bertz CT molecular complexity index is 1330. The molecule has 0 unspecified atom stereocenters. The maximum Gasteiger partial charge on any atom is 0.173 e. The van der Waals surface area contributed by atoms with Crippen LogP contribution in [0.3, 0.4) is 0 Å². The Labute approximate surface area is 173 Å². The second kappa shape index (κ2) is 7.56. The lowest BCUT2D eigenvalue weighted by atomic mass is 10.2. The van der Waals surface area contributed by atoms with E-state index < -0.39 is 0 Å². The highest BCUT2D eigenvalue weighted by molar-refractivity contribution is 7.93. The number of aromatic nitrogens is 6. The Morgan fingerprint density at radius 1 is 1.00 bits per heavy atom. The minimum Gasteiger partial charge on any atom is -0.337 e. The molecule has 0 aliphatic heterocycles. The quantitative estimate of drug-likeness (QED) is 0.408. The van der Waals surface area contributed by atoms with Crippen LogP contribution in [0.1, 0.15) is 0 Å². The van der Waals surface area contributed by atoms with Crippen molar-refractivity contribution in [3.8, 4) is 22.9 Å². The van der Waals surface area contributed by atoms with E-state index in [1.165, 1.54) is 16.1 Å². The van der Waals surface area contributed by atoms with Gasteiger partial charge in [-0.3, -0.25) is 5.10 Å². The first kappa shape index (κ1) is 18.3. The van der Waals surface area contributed by atoms with E-state index in [9.17, 15) is 8.28 Å². The zero-order chi connectivity index (χ0) is 20.5. The standard InChI is InChI=1S/C20H13F2N7S/c21-13-7-5-12(6-8-13)19-23-10-9-17(27-19)25-15-11-24-28-18(15)20-26-14-3-1-2-4-16(14)29(20)30-22/h1-11H,(H,24,28)(H,23,25,27). The molecule has 5 rings (SSSR count). The third-order valence-corrected chi connectivity index (χ3v) is 4.98. The van der Waals surface area contributed by atoms with Crippen molar-refractivity contribution in [2.75, 3.05) is 5.32 Å². The van der Waals surface area contributed by atoms with Gasteiger partial charge in [0.25, 0.3) is 0 Å². The van der Waals surface area contributed by atoms with Gasteiger partial charge < -0.3 is 5.32 Å². The second-order valence-corrected chi connectivity index (χ2v) is 6.85. The smallest absolute Gasteiger partial charge is 0.173 e. The molecule has 0 saturated carbocycles. The lowest BCUT2D eigenvalue weighted by Gasteiger charge is -2.08. The molecule has 10 heteroatoms. The van der Waals surface area contributed by atoms with Gasteiger partial charge in [0.1, 0.15) is 17.3 Å². The third-order valence-electron chi connectivity index (χ3n) is 4.47. The molecule has 7 nitrogen and oxygen atoms in total. The summed E-state index contributed by atoms with van der Waals surface area (Å²) in [6.07, 6.45) is 3.17. The highest BCUT2D eigenvalue weighted by Crippen LogP contribution is 2.33. The van der Waals surface area contributed by atoms with Crippen LogP contribution in [0.15, 0.2) is 67.0 Å². The van der Waals surface area contributed by atoms with E-state index in [2.05, 4.69) is 30.5 Å². The number of halogens is 2. The minimum absolute atomic E-state index is 0.0680. The first-order valence-electron chi connectivity index (χ1n) is 8.89. The maximum atomic E-state index is 13.7. The lowest BCUT2D eigenvalue weighted by Crippen LogP contribution is -1.99. The molecular weight excluding hydrogens is 408 g/mol. The largest absolute Gasteiger partial charge is 0.337 e. The monoisotopic (exact) mass is 421 g/mol. The number of imidazole rings is 1. The summed E-state index contributed by atoms with van der Waals surface area (Å²) in [5, 5.41) is 10.1. The zero-order valence-corrected chi connectivity index (χ0v) is 16.1. The summed E-state index contributed by atoms with van der Waals surface area (Å²) >= 11 is 0.0680. The minimum atomic E-state index is -0.329. The summed E-state index contributed by atoms with van der Waals surface area (Å²) in [6.45, 7) is 0. The van der Waals surface area contributed by atoms with Crippen LogP contribution >= 0.6 is 12.3 Å². The summed E-state index contributed by atoms with van der Waals surface area (Å²) < 4.78 is 28.3. The van der Waals surface area contributed by atoms with Crippen LogP contribution in [0.2, 0.25) is 0 Å². The number of aromatic amines is 1. The normalized spacial score (nSPS) is 11.1. The van der Waals surface area contributed by atoms with Crippen LogP contribution in [0.25, 0.3) is 33.9 Å². The molecule has 30 heavy (non-hydrogen) atoms. The molecule has 5 aromatic rings. The number of hydrogen-bond donors (Lipinski definition) is 2. The number of hydrogen-bond acceptors (Lipinski definition) is 6. The molecule has 0 radical (unpaired) electrons. The average Bonchev–Trinajstić information content (AvgIpc) is 3.38. The predicted octanol–water partition coefficient (Wildman–Crippen LogP) is 5.15. The Morgan fingerprint density at radius 3 is 2.67 bits per heavy atom. The summed E-state index contributed by atoms with van der Waals surface area (Å²) in [4.78, 5) is 13.2. The van der Waals surface area contributed by atoms with E-state index in [1.54, 1.807) is 36.7 Å². The number of benzene rings is 2. The summed E-state index contributed by atoms with van der Waals surface area (Å²) in [5.74, 6) is 1.00. The van der Waals surface area contributed by atoms with Crippen LogP contribution in [0.4, 0.5) is 19.8 Å². The molecule has 0 aliphatic carbocycles. The van der Waals surface area contributed by atoms with Gasteiger partial charge in [-0.25, -0.2) is 23.3 Å². The fraction of sp³-hybridized carbons (Fsp3) is 0. The molecule has 3 heterocycles. The number of rotatable bonds is 5. The van der Waals surface area contributed by atoms with Crippen LogP contribution in [-0.4, -0.2) is 29.1 Å². The van der Waals surface area contributed by atoms with Gasteiger partial charge in [-0.05, 0) is 42.5 Å². The molecule has 0 spiro atoms. The summed E-state index contributed by atoms with van der Waals surface area (Å²) in [6, 6.07) is 14.9. The fourth-order valence-corrected chi connectivity index (χ4v) is 3.51. The summed E-state index contributed by atoms with van der Waals surface area (Å²) in [5.41, 5.74) is 3.09. The molecule has 148 valence electrons. The van der Waals surface area contributed by atoms with Crippen LogP contribution < -0.4 is 5.32 Å². The molecule has 0 atom stereocenters. The van der Waals surface area contributed by atoms with E-state index in [-0.39, 0.29) is 18.2 Å². The Morgan fingerprint density at radius 2 is 1.83 bits per heavy atom. The van der Waals surface area contributed by atoms with Gasteiger partial charge in [-0.1, -0.05) is 12.1 Å². The molecule has 0 fully saturated rings. The molecule has 0 bridgehead atoms. The van der Waals surface area contributed by atoms with Gasteiger partial charge >= 0.3 is 0 Å². The zero-order valence-electron chi connectivity index (χ0n) is 15.3. The molecule has 0 saturated heterocycles. The van der Waals surface area contributed by atoms with E-state index in [0.29, 0.717) is 45.4 Å². The Hall–Kier alpha value is -3.79. The summed E-state index contributed by atoms with van der Waals surface area (Å²) in [7, 11) is 0. The predicted molar refractivity (Wildman–Crippen MR) is 112 cm³/mol. The second-order valence-electron chi connectivity index (χ2n) is 6.34. The van der Waals surface area contributed by atoms with Gasteiger partial charge in [-0.15, -0.1) is 3.89 Å². The van der Waals surface area contributed by atoms with Gasteiger partial charge in [0, 0.05) is 11.8 Å². The molecule has 0 aliphatic rings. The molecule has 0 amide bonds. The Balaban J connectivity index is 1.51. The van der Waals surface area contributed by atoms with E-state index in [0.717, 1.165) is 0 Å². The first-order chi connectivity index (χ1) is 14.7. The molecule has 2 aromatic carbocycles. The number of anilines is 2. The third kappa shape index (κ3) is 3.26. The van der Waals surface area contributed by atoms with Crippen LogP contribution in [0, 0.1) is 5.82 Å².